The Hall–Kier alpha value is -0.830. The monoisotopic (exact) mass is 154 g/mol. The number of amides is 1. The zero-order valence-electron chi connectivity index (χ0n) is 6.68. The molecule has 0 spiro atoms. The van der Waals surface area contributed by atoms with Crippen LogP contribution >= 0.6 is 0 Å². The van der Waals surface area contributed by atoms with E-state index in [9.17, 15) is 4.79 Å². The molecule has 11 heavy (non-hydrogen) atoms. The normalized spacial score (nSPS) is 20.5. The third kappa shape index (κ3) is 2.72. The van der Waals surface area contributed by atoms with Crippen molar-refractivity contribution in [3.63, 3.8) is 0 Å². The molecule has 1 saturated heterocycles. The quantitative estimate of drug-likeness (QED) is 0.567. The highest BCUT2D eigenvalue weighted by atomic mass is 16.2. The van der Waals surface area contributed by atoms with E-state index in [0.717, 1.165) is 26.1 Å². The van der Waals surface area contributed by atoms with E-state index in [-0.39, 0.29) is 5.91 Å². The van der Waals surface area contributed by atoms with Crippen molar-refractivity contribution in [3.05, 3.63) is 12.7 Å². The van der Waals surface area contributed by atoms with E-state index in [1.54, 1.807) is 0 Å². The van der Waals surface area contributed by atoms with Gasteiger partial charge in [0.2, 0.25) is 5.91 Å². The molecule has 3 nitrogen and oxygen atoms in total. The van der Waals surface area contributed by atoms with Crippen molar-refractivity contribution < 1.29 is 4.79 Å². The summed E-state index contributed by atoms with van der Waals surface area (Å²) in [6, 6.07) is 0. The van der Waals surface area contributed by atoms with E-state index in [1.807, 2.05) is 6.08 Å². The van der Waals surface area contributed by atoms with Crippen molar-refractivity contribution in [3.8, 4) is 0 Å². The molecule has 1 aliphatic rings. The van der Waals surface area contributed by atoms with Crippen LogP contribution in [0.15, 0.2) is 12.7 Å². The lowest BCUT2D eigenvalue weighted by Gasteiger charge is -2.14. The third-order valence-electron chi connectivity index (χ3n) is 1.73. The van der Waals surface area contributed by atoms with E-state index in [1.165, 1.54) is 0 Å². The zero-order chi connectivity index (χ0) is 8.10. The van der Waals surface area contributed by atoms with Gasteiger partial charge in [-0.15, -0.1) is 6.58 Å². The minimum Gasteiger partial charge on any atom is -0.355 e. The smallest absolute Gasteiger partial charge is 0.234 e. The first-order valence-corrected chi connectivity index (χ1v) is 3.93. The third-order valence-corrected chi connectivity index (χ3v) is 1.73. The van der Waals surface area contributed by atoms with Crippen LogP contribution in [0.2, 0.25) is 0 Å². The lowest BCUT2D eigenvalue weighted by atomic mass is 10.4. The number of nitrogens with one attached hydrogen (secondary N) is 1. The molecule has 0 aliphatic carbocycles. The fourth-order valence-electron chi connectivity index (χ4n) is 1.21. The molecule has 1 aliphatic heterocycles. The van der Waals surface area contributed by atoms with Crippen LogP contribution in [0.25, 0.3) is 0 Å². The Kier molecular flexibility index (Phi) is 3.11. The first-order valence-electron chi connectivity index (χ1n) is 3.93. The molecule has 0 atom stereocenters. The Morgan fingerprint density at radius 2 is 2.55 bits per heavy atom. The Morgan fingerprint density at radius 3 is 3.27 bits per heavy atom. The molecule has 0 bridgehead atoms. The molecule has 0 aromatic heterocycles. The van der Waals surface area contributed by atoms with E-state index < -0.39 is 0 Å². The van der Waals surface area contributed by atoms with Gasteiger partial charge in [-0.25, -0.2) is 0 Å². The summed E-state index contributed by atoms with van der Waals surface area (Å²) in [4.78, 5) is 13.1. The highest BCUT2D eigenvalue weighted by molar-refractivity contribution is 5.78. The summed E-state index contributed by atoms with van der Waals surface area (Å²) in [5.41, 5.74) is 0. The van der Waals surface area contributed by atoms with Crippen molar-refractivity contribution in [2.45, 2.75) is 6.42 Å². The van der Waals surface area contributed by atoms with Gasteiger partial charge in [-0.2, -0.15) is 0 Å². The lowest BCUT2D eigenvalue weighted by Crippen LogP contribution is -2.33. The van der Waals surface area contributed by atoms with Gasteiger partial charge in [0.15, 0.2) is 0 Å². The summed E-state index contributed by atoms with van der Waals surface area (Å²) in [5.74, 6) is 0.129. The summed E-state index contributed by atoms with van der Waals surface area (Å²) < 4.78 is 0. The molecule has 1 N–H and O–H groups in total. The minimum atomic E-state index is 0.129. The fourth-order valence-corrected chi connectivity index (χ4v) is 1.21. The number of rotatable bonds is 2. The van der Waals surface area contributed by atoms with Gasteiger partial charge < -0.3 is 5.32 Å². The van der Waals surface area contributed by atoms with Crippen LogP contribution in [0.5, 0.6) is 0 Å². The van der Waals surface area contributed by atoms with Gasteiger partial charge >= 0.3 is 0 Å². The second-order valence-electron chi connectivity index (χ2n) is 2.73. The predicted molar refractivity (Wildman–Crippen MR) is 44.3 cm³/mol. The molecule has 62 valence electrons. The predicted octanol–water partition coefficient (Wildman–Crippen LogP) is -0.00570. The SMILES string of the molecule is C=CCN1CCCNC(=O)C1. The molecule has 1 rings (SSSR count). The first kappa shape index (κ1) is 8.27. The first-order chi connectivity index (χ1) is 5.33. The summed E-state index contributed by atoms with van der Waals surface area (Å²) in [5, 5.41) is 2.82. The minimum absolute atomic E-state index is 0.129. The average molecular weight is 154 g/mol. The van der Waals surface area contributed by atoms with Crippen molar-refractivity contribution >= 4 is 5.91 Å². The standard InChI is InChI=1S/C8H14N2O/c1-2-5-10-6-3-4-9-8(11)7-10/h2H,1,3-7H2,(H,9,11). The lowest BCUT2D eigenvalue weighted by molar-refractivity contribution is -0.121. The second kappa shape index (κ2) is 4.13. The van der Waals surface area contributed by atoms with Crippen LogP contribution in [0.4, 0.5) is 0 Å². The van der Waals surface area contributed by atoms with Gasteiger partial charge in [0.05, 0.1) is 6.54 Å². The van der Waals surface area contributed by atoms with Crippen molar-refractivity contribution in [2.24, 2.45) is 0 Å². The Labute approximate surface area is 67.1 Å². The fraction of sp³-hybridized carbons (Fsp3) is 0.625. The molecule has 0 aromatic carbocycles. The molecule has 0 aromatic rings. The highest BCUT2D eigenvalue weighted by Gasteiger charge is 2.11. The van der Waals surface area contributed by atoms with Crippen LogP contribution in [0.1, 0.15) is 6.42 Å². The van der Waals surface area contributed by atoms with E-state index in [2.05, 4.69) is 16.8 Å². The van der Waals surface area contributed by atoms with Gasteiger partial charge in [0.25, 0.3) is 0 Å². The average Bonchev–Trinajstić information content (AvgIpc) is 2.15. The van der Waals surface area contributed by atoms with Crippen LogP contribution in [-0.4, -0.2) is 37.0 Å². The van der Waals surface area contributed by atoms with Gasteiger partial charge in [0.1, 0.15) is 0 Å². The maximum Gasteiger partial charge on any atom is 0.234 e. The number of carbonyl (C=O) groups excluding carboxylic acids is 1. The molecule has 3 heteroatoms. The molecular weight excluding hydrogens is 140 g/mol. The van der Waals surface area contributed by atoms with Gasteiger partial charge in [-0.05, 0) is 6.42 Å². The summed E-state index contributed by atoms with van der Waals surface area (Å²) in [6.07, 6.45) is 2.87. The van der Waals surface area contributed by atoms with Crippen molar-refractivity contribution in [2.75, 3.05) is 26.2 Å². The largest absolute Gasteiger partial charge is 0.355 e. The summed E-state index contributed by atoms with van der Waals surface area (Å²) in [6.45, 7) is 6.77. The van der Waals surface area contributed by atoms with Gasteiger partial charge in [-0.3, -0.25) is 9.69 Å². The Morgan fingerprint density at radius 1 is 1.73 bits per heavy atom. The van der Waals surface area contributed by atoms with Crippen molar-refractivity contribution in [1.82, 2.24) is 10.2 Å². The molecule has 1 heterocycles. The van der Waals surface area contributed by atoms with E-state index in [0.29, 0.717) is 6.54 Å². The number of hydrogen-bond donors (Lipinski definition) is 1. The maximum atomic E-state index is 11.0. The van der Waals surface area contributed by atoms with Crippen molar-refractivity contribution in [1.29, 1.82) is 0 Å². The molecule has 0 unspecified atom stereocenters. The molecular formula is C8H14N2O. The summed E-state index contributed by atoms with van der Waals surface area (Å²) >= 11 is 0. The zero-order valence-corrected chi connectivity index (χ0v) is 6.68. The molecule has 0 radical (unpaired) electrons. The van der Waals surface area contributed by atoms with Gasteiger partial charge in [-0.1, -0.05) is 6.08 Å². The number of hydrogen-bond acceptors (Lipinski definition) is 2. The van der Waals surface area contributed by atoms with Gasteiger partial charge in [0, 0.05) is 19.6 Å². The summed E-state index contributed by atoms with van der Waals surface area (Å²) in [7, 11) is 0. The van der Waals surface area contributed by atoms with E-state index in [4.69, 9.17) is 0 Å². The number of carbonyl (C=O) groups is 1. The molecule has 0 saturated carbocycles. The van der Waals surface area contributed by atoms with Crippen LogP contribution in [0, 0.1) is 0 Å². The topological polar surface area (TPSA) is 32.3 Å². The molecule has 1 amide bonds. The van der Waals surface area contributed by atoms with Crippen LogP contribution in [0.3, 0.4) is 0 Å². The Balaban J connectivity index is 2.38. The van der Waals surface area contributed by atoms with E-state index >= 15 is 0 Å². The number of nitrogens with zero attached hydrogens (tertiary/aromatic N) is 1. The highest BCUT2D eigenvalue weighted by Crippen LogP contribution is 1.94. The molecule has 1 fully saturated rings. The van der Waals surface area contributed by atoms with Crippen LogP contribution in [-0.2, 0) is 4.79 Å². The van der Waals surface area contributed by atoms with Crippen LogP contribution < -0.4 is 5.32 Å². The maximum absolute atomic E-state index is 11.0. The Bertz CT molecular complexity index is 156. The second-order valence-corrected chi connectivity index (χ2v) is 2.73.